The van der Waals surface area contributed by atoms with Gasteiger partial charge in [0.15, 0.2) is 5.82 Å². The smallest absolute Gasteiger partial charge is 0.321 e. The van der Waals surface area contributed by atoms with Crippen LogP contribution >= 0.6 is 11.6 Å². The van der Waals surface area contributed by atoms with Crippen molar-refractivity contribution < 1.29 is 14.1 Å². The highest BCUT2D eigenvalue weighted by Gasteiger charge is 2.37. The molecule has 1 aromatic carbocycles. The third-order valence-electron chi connectivity index (χ3n) is 3.06. The van der Waals surface area contributed by atoms with Crippen LogP contribution in [0.25, 0.3) is 0 Å². The van der Waals surface area contributed by atoms with Gasteiger partial charge in [-0.1, -0.05) is 28.9 Å². The van der Waals surface area contributed by atoms with Crippen LogP contribution in [0.2, 0.25) is 5.02 Å². The molecule has 21 heavy (non-hydrogen) atoms. The summed E-state index contributed by atoms with van der Waals surface area (Å²) in [7, 11) is 0. The Hall–Kier alpha value is -1.88. The van der Waals surface area contributed by atoms with Gasteiger partial charge < -0.3 is 9.26 Å². The summed E-state index contributed by atoms with van der Waals surface area (Å²) in [5, 5.41) is 4.59. The number of rotatable bonds is 5. The van der Waals surface area contributed by atoms with Crippen LogP contribution in [-0.4, -0.2) is 22.7 Å². The molecular formula is C15H17ClN2O3. The van der Waals surface area contributed by atoms with Crippen molar-refractivity contribution in [1.29, 1.82) is 0 Å². The van der Waals surface area contributed by atoms with Crippen LogP contribution in [0.1, 0.15) is 38.0 Å². The van der Waals surface area contributed by atoms with Gasteiger partial charge in [0.25, 0.3) is 0 Å². The highest BCUT2D eigenvalue weighted by Crippen LogP contribution is 2.23. The molecule has 2 rings (SSSR count). The molecule has 0 radical (unpaired) electrons. The zero-order valence-corrected chi connectivity index (χ0v) is 13.0. The second-order valence-corrected chi connectivity index (χ2v) is 5.60. The Kier molecular flexibility index (Phi) is 4.63. The molecule has 0 spiro atoms. The third-order valence-corrected chi connectivity index (χ3v) is 3.32. The summed E-state index contributed by atoms with van der Waals surface area (Å²) in [5.74, 6) is 0.390. The Labute approximate surface area is 128 Å². The fraction of sp³-hybridized carbons (Fsp3) is 0.400. The van der Waals surface area contributed by atoms with Crippen molar-refractivity contribution in [2.24, 2.45) is 0 Å². The van der Waals surface area contributed by atoms with Crippen LogP contribution in [-0.2, 0) is 21.4 Å². The number of aromatic nitrogens is 2. The van der Waals surface area contributed by atoms with Crippen LogP contribution in [0.3, 0.4) is 0 Å². The number of carbonyl (C=O) groups is 1. The number of carbonyl (C=O) groups excluding carboxylic acids is 1. The second-order valence-electron chi connectivity index (χ2n) is 5.16. The third kappa shape index (κ3) is 3.61. The predicted octanol–water partition coefficient (Wildman–Crippen LogP) is 3.15. The van der Waals surface area contributed by atoms with Crippen molar-refractivity contribution in [3.63, 3.8) is 0 Å². The van der Waals surface area contributed by atoms with Crippen molar-refractivity contribution in [1.82, 2.24) is 10.1 Å². The maximum absolute atomic E-state index is 11.9. The van der Waals surface area contributed by atoms with Crippen LogP contribution in [0.4, 0.5) is 0 Å². The van der Waals surface area contributed by atoms with E-state index in [-0.39, 0.29) is 11.9 Å². The summed E-state index contributed by atoms with van der Waals surface area (Å²) < 4.78 is 10.2. The fourth-order valence-corrected chi connectivity index (χ4v) is 1.89. The predicted molar refractivity (Wildman–Crippen MR) is 78.2 cm³/mol. The van der Waals surface area contributed by atoms with E-state index < -0.39 is 5.41 Å². The lowest BCUT2D eigenvalue weighted by atomic mass is 9.94. The molecular weight excluding hydrogens is 292 g/mol. The maximum Gasteiger partial charge on any atom is 0.321 e. The number of esters is 1. The van der Waals surface area contributed by atoms with Gasteiger partial charge in [-0.15, -0.1) is 0 Å². The van der Waals surface area contributed by atoms with Crippen molar-refractivity contribution >= 4 is 17.6 Å². The zero-order chi connectivity index (χ0) is 15.5. The van der Waals surface area contributed by atoms with Crippen molar-refractivity contribution in [3.05, 3.63) is 46.6 Å². The molecule has 0 aliphatic heterocycles. The minimum atomic E-state index is -0.957. The molecule has 0 fully saturated rings. The van der Waals surface area contributed by atoms with Gasteiger partial charge in [0.2, 0.25) is 5.89 Å². The largest absolute Gasteiger partial charge is 0.465 e. The first kappa shape index (κ1) is 15.5. The normalized spacial score (nSPS) is 11.4. The Bertz CT molecular complexity index is 620. The lowest BCUT2D eigenvalue weighted by Crippen LogP contribution is -2.31. The fourth-order valence-electron chi connectivity index (χ4n) is 1.76. The maximum atomic E-state index is 11.9. The summed E-state index contributed by atoms with van der Waals surface area (Å²) in [6.45, 7) is 5.47. The first-order valence-corrected chi connectivity index (χ1v) is 7.06. The Morgan fingerprint density at radius 2 is 2.00 bits per heavy atom. The molecule has 0 saturated carbocycles. The highest BCUT2D eigenvalue weighted by atomic mass is 35.5. The second kappa shape index (κ2) is 6.26. The van der Waals surface area contributed by atoms with E-state index in [4.69, 9.17) is 20.9 Å². The van der Waals surface area contributed by atoms with Crippen molar-refractivity contribution in [3.8, 4) is 0 Å². The van der Waals surface area contributed by atoms with Gasteiger partial charge >= 0.3 is 5.97 Å². The molecule has 1 aromatic heterocycles. The van der Waals surface area contributed by atoms with E-state index in [0.717, 1.165) is 5.56 Å². The molecule has 6 heteroatoms. The number of benzene rings is 1. The molecule has 0 N–H and O–H groups in total. The molecule has 0 aliphatic rings. The molecule has 0 unspecified atom stereocenters. The quantitative estimate of drug-likeness (QED) is 0.794. The van der Waals surface area contributed by atoms with Gasteiger partial charge in [0.05, 0.1) is 6.61 Å². The average Bonchev–Trinajstić information content (AvgIpc) is 2.91. The lowest BCUT2D eigenvalue weighted by Gasteiger charge is -2.16. The number of ether oxygens (including phenoxy) is 1. The number of nitrogens with zero attached hydrogens (tertiary/aromatic N) is 2. The number of hydrogen-bond acceptors (Lipinski definition) is 5. The zero-order valence-electron chi connectivity index (χ0n) is 12.2. The van der Waals surface area contributed by atoms with Gasteiger partial charge in [-0.25, -0.2) is 0 Å². The standard InChI is InChI=1S/C15H17ClN2O3/c1-4-20-14(19)15(2,3)13-17-12(18-21-13)9-10-5-7-11(16)8-6-10/h5-8H,4,9H2,1-3H3. The molecule has 0 atom stereocenters. The molecule has 1 heterocycles. The summed E-state index contributed by atoms with van der Waals surface area (Å²) in [6.07, 6.45) is 0.513. The monoisotopic (exact) mass is 308 g/mol. The van der Waals surface area contributed by atoms with Crippen LogP contribution in [0, 0.1) is 0 Å². The minimum absolute atomic E-state index is 0.255. The van der Waals surface area contributed by atoms with Gasteiger partial charge in [-0.2, -0.15) is 4.98 Å². The first-order valence-electron chi connectivity index (χ1n) is 6.68. The van der Waals surface area contributed by atoms with E-state index >= 15 is 0 Å². The van der Waals surface area contributed by atoms with E-state index in [2.05, 4.69) is 10.1 Å². The van der Waals surface area contributed by atoms with Gasteiger partial charge in [-0.3, -0.25) is 4.79 Å². The number of hydrogen-bond donors (Lipinski definition) is 0. The Balaban J connectivity index is 2.14. The molecule has 0 amide bonds. The molecule has 5 nitrogen and oxygen atoms in total. The highest BCUT2D eigenvalue weighted by molar-refractivity contribution is 6.30. The Morgan fingerprint density at radius 3 is 2.62 bits per heavy atom. The summed E-state index contributed by atoms with van der Waals surface area (Å²) in [4.78, 5) is 16.2. The lowest BCUT2D eigenvalue weighted by molar-refractivity contribution is -0.149. The van der Waals surface area contributed by atoms with Crippen LogP contribution < -0.4 is 0 Å². The van der Waals surface area contributed by atoms with E-state index in [1.165, 1.54) is 0 Å². The molecule has 2 aromatic rings. The van der Waals surface area contributed by atoms with Crippen molar-refractivity contribution in [2.75, 3.05) is 6.61 Å². The van der Waals surface area contributed by atoms with E-state index in [0.29, 0.717) is 23.9 Å². The summed E-state index contributed by atoms with van der Waals surface area (Å²) in [6, 6.07) is 7.41. The first-order chi connectivity index (χ1) is 9.93. The van der Waals surface area contributed by atoms with Gasteiger partial charge in [0.1, 0.15) is 5.41 Å². The Morgan fingerprint density at radius 1 is 1.33 bits per heavy atom. The molecule has 112 valence electrons. The average molecular weight is 309 g/mol. The van der Waals surface area contributed by atoms with Gasteiger partial charge in [0, 0.05) is 11.4 Å². The number of halogens is 1. The van der Waals surface area contributed by atoms with Crippen LogP contribution in [0.15, 0.2) is 28.8 Å². The molecule has 0 bridgehead atoms. The SMILES string of the molecule is CCOC(=O)C(C)(C)c1nc(Cc2ccc(Cl)cc2)no1. The summed E-state index contributed by atoms with van der Waals surface area (Å²) in [5.41, 5.74) is 0.0574. The summed E-state index contributed by atoms with van der Waals surface area (Å²) >= 11 is 5.84. The van der Waals surface area contributed by atoms with E-state index in [9.17, 15) is 4.79 Å². The minimum Gasteiger partial charge on any atom is -0.465 e. The van der Waals surface area contributed by atoms with Gasteiger partial charge in [-0.05, 0) is 38.5 Å². The topological polar surface area (TPSA) is 65.2 Å². The molecule has 0 aliphatic carbocycles. The van der Waals surface area contributed by atoms with E-state index in [1.807, 2.05) is 12.1 Å². The van der Waals surface area contributed by atoms with E-state index in [1.54, 1.807) is 32.9 Å². The molecule has 0 saturated heterocycles. The van der Waals surface area contributed by atoms with Crippen molar-refractivity contribution in [2.45, 2.75) is 32.6 Å². The van der Waals surface area contributed by atoms with Crippen LogP contribution in [0.5, 0.6) is 0 Å².